The van der Waals surface area contributed by atoms with E-state index in [4.69, 9.17) is 11.6 Å². The molecule has 0 saturated heterocycles. The minimum Gasteiger partial charge on any atom is -0.354 e. The Bertz CT molecular complexity index is 907. The minimum atomic E-state index is -0.201. The first-order valence-electron chi connectivity index (χ1n) is 7.87. The third-order valence-electron chi connectivity index (χ3n) is 3.78. The van der Waals surface area contributed by atoms with Crippen molar-refractivity contribution in [2.75, 3.05) is 10.6 Å². The Hall–Kier alpha value is -2.85. The van der Waals surface area contributed by atoms with E-state index in [1.807, 2.05) is 56.3 Å². The highest BCUT2D eigenvalue weighted by atomic mass is 35.5. The van der Waals surface area contributed by atoms with Crippen LogP contribution in [0.1, 0.15) is 21.5 Å². The predicted molar refractivity (Wildman–Crippen MR) is 103 cm³/mol. The van der Waals surface area contributed by atoms with Gasteiger partial charge >= 0.3 is 0 Å². The Labute approximate surface area is 151 Å². The van der Waals surface area contributed by atoms with Gasteiger partial charge in [-0.15, -0.1) is 0 Å². The summed E-state index contributed by atoms with van der Waals surface area (Å²) in [6.07, 6.45) is 3.22. The lowest BCUT2D eigenvalue weighted by Gasteiger charge is -2.11. The van der Waals surface area contributed by atoms with Gasteiger partial charge in [0.2, 0.25) is 0 Å². The summed E-state index contributed by atoms with van der Waals surface area (Å²) in [6.45, 7) is 3.97. The number of carbonyl (C=O) groups is 1. The van der Waals surface area contributed by atoms with E-state index in [2.05, 4.69) is 15.6 Å². The van der Waals surface area contributed by atoms with E-state index in [1.54, 1.807) is 18.5 Å². The van der Waals surface area contributed by atoms with E-state index >= 15 is 0 Å². The van der Waals surface area contributed by atoms with Crippen molar-refractivity contribution in [3.8, 4) is 0 Å². The smallest absolute Gasteiger partial charge is 0.257 e. The Kier molecular flexibility index (Phi) is 5.00. The summed E-state index contributed by atoms with van der Waals surface area (Å²) in [5.74, 6) is -0.201. The number of aryl methyl sites for hydroxylation is 2. The SMILES string of the molecule is Cc1ccc(NC(=O)c2cncc(Nc3ccc(Cl)cc3C)c2)cc1. The molecule has 0 atom stereocenters. The molecule has 3 rings (SSSR count). The van der Waals surface area contributed by atoms with Gasteiger partial charge in [0.15, 0.2) is 0 Å². The number of nitrogens with zero attached hydrogens (tertiary/aromatic N) is 1. The third kappa shape index (κ3) is 4.37. The maximum atomic E-state index is 12.4. The van der Waals surface area contributed by atoms with E-state index in [9.17, 15) is 4.79 Å². The standard InChI is InChI=1S/C20H18ClN3O/c1-13-3-6-17(7-4-13)24-20(25)15-10-18(12-22-11-15)23-19-8-5-16(21)9-14(19)2/h3-12,23H,1-2H3,(H,24,25). The van der Waals surface area contributed by atoms with Crippen LogP contribution in [0.3, 0.4) is 0 Å². The van der Waals surface area contributed by atoms with Crippen LogP contribution in [-0.4, -0.2) is 10.9 Å². The number of carbonyl (C=O) groups excluding carboxylic acids is 1. The summed E-state index contributed by atoms with van der Waals surface area (Å²) in [4.78, 5) is 16.6. The van der Waals surface area contributed by atoms with Crippen molar-refractivity contribution in [1.29, 1.82) is 0 Å². The number of hydrogen-bond acceptors (Lipinski definition) is 3. The molecular weight excluding hydrogens is 334 g/mol. The van der Waals surface area contributed by atoms with Gasteiger partial charge in [-0.3, -0.25) is 9.78 Å². The molecule has 2 N–H and O–H groups in total. The van der Waals surface area contributed by atoms with Crippen molar-refractivity contribution in [1.82, 2.24) is 4.98 Å². The Morgan fingerprint density at radius 1 is 0.960 bits per heavy atom. The molecule has 0 aliphatic heterocycles. The van der Waals surface area contributed by atoms with Crippen molar-refractivity contribution in [3.63, 3.8) is 0 Å². The van der Waals surface area contributed by atoms with Gasteiger partial charge in [-0.2, -0.15) is 0 Å². The van der Waals surface area contributed by atoms with Crippen LogP contribution < -0.4 is 10.6 Å². The highest BCUT2D eigenvalue weighted by Crippen LogP contribution is 2.23. The fourth-order valence-electron chi connectivity index (χ4n) is 2.40. The van der Waals surface area contributed by atoms with Crippen molar-refractivity contribution < 1.29 is 4.79 Å². The predicted octanol–water partition coefficient (Wildman–Crippen LogP) is 5.35. The van der Waals surface area contributed by atoms with Crippen LogP contribution in [-0.2, 0) is 0 Å². The molecule has 5 heteroatoms. The molecule has 1 heterocycles. The second-order valence-corrected chi connectivity index (χ2v) is 6.30. The van der Waals surface area contributed by atoms with Gasteiger partial charge in [0.1, 0.15) is 0 Å². The van der Waals surface area contributed by atoms with E-state index in [0.29, 0.717) is 10.6 Å². The van der Waals surface area contributed by atoms with Crippen LogP contribution in [0.2, 0.25) is 5.02 Å². The second kappa shape index (κ2) is 7.36. The van der Waals surface area contributed by atoms with Gasteiger partial charge in [0.25, 0.3) is 5.91 Å². The number of nitrogens with one attached hydrogen (secondary N) is 2. The first-order valence-corrected chi connectivity index (χ1v) is 8.25. The number of benzene rings is 2. The number of hydrogen-bond donors (Lipinski definition) is 2. The number of anilines is 3. The van der Waals surface area contributed by atoms with Crippen LogP contribution in [0.25, 0.3) is 0 Å². The minimum absolute atomic E-state index is 0.201. The molecule has 0 aliphatic carbocycles. The second-order valence-electron chi connectivity index (χ2n) is 5.87. The normalized spacial score (nSPS) is 10.4. The monoisotopic (exact) mass is 351 g/mol. The highest BCUT2D eigenvalue weighted by molar-refractivity contribution is 6.30. The molecule has 0 unspecified atom stereocenters. The summed E-state index contributed by atoms with van der Waals surface area (Å²) in [5, 5.41) is 6.82. The molecule has 0 saturated carbocycles. The maximum absolute atomic E-state index is 12.4. The molecule has 25 heavy (non-hydrogen) atoms. The van der Waals surface area contributed by atoms with Crippen LogP contribution >= 0.6 is 11.6 Å². The summed E-state index contributed by atoms with van der Waals surface area (Å²) in [6, 6.07) is 15.0. The summed E-state index contributed by atoms with van der Waals surface area (Å²) < 4.78 is 0. The summed E-state index contributed by atoms with van der Waals surface area (Å²) in [5.41, 5.74) is 5.05. The molecule has 0 radical (unpaired) electrons. The van der Waals surface area contributed by atoms with Gasteiger partial charge in [-0.05, 0) is 55.8 Å². The van der Waals surface area contributed by atoms with Gasteiger partial charge < -0.3 is 10.6 Å². The lowest BCUT2D eigenvalue weighted by molar-refractivity contribution is 0.102. The van der Waals surface area contributed by atoms with Crippen LogP contribution in [0.5, 0.6) is 0 Å². The molecule has 0 bridgehead atoms. The zero-order valence-corrected chi connectivity index (χ0v) is 14.8. The number of aromatic nitrogens is 1. The third-order valence-corrected chi connectivity index (χ3v) is 4.01. The van der Waals surface area contributed by atoms with E-state index < -0.39 is 0 Å². The van der Waals surface area contributed by atoms with Crippen LogP contribution in [0.4, 0.5) is 17.1 Å². The van der Waals surface area contributed by atoms with Gasteiger partial charge in [-0.1, -0.05) is 29.3 Å². The molecule has 0 fully saturated rings. The molecule has 0 spiro atoms. The Balaban J connectivity index is 1.76. The molecule has 126 valence electrons. The van der Waals surface area contributed by atoms with Crippen LogP contribution in [0, 0.1) is 13.8 Å². The van der Waals surface area contributed by atoms with Crippen molar-refractivity contribution >= 4 is 34.6 Å². The topological polar surface area (TPSA) is 54.0 Å². The number of pyridine rings is 1. The number of halogens is 1. The number of rotatable bonds is 4. The van der Waals surface area contributed by atoms with E-state index in [0.717, 1.165) is 28.2 Å². The van der Waals surface area contributed by atoms with Gasteiger partial charge in [0.05, 0.1) is 17.4 Å². The maximum Gasteiger partial charge on any atom is 0.257 e. The summed E-state index contributed by atoms with van der Waals surface area (Å²) >= 11 is 5.98. The van der Waals surface area contributed by atoms with Crippen LogP contribution in [0.15, 0.2) is 60.9 Å². The first kappa shape index (κ1) is 17.0. The first-order chi connectivity index (χ1) is 12.0. The molecule has 1 aromatic heterocycles. The van der Waals surface area contributed by atoms with E-state index in [1.165, 1.54) is 0 Å². The molecular formula is C20H18ClN3O. The highest BCUT2D eigenvalue weighted by Gasteiger charge is 2.08. The van der Waals surface area contributed by atoms with Crippen molar-refractivity contribution in [2.24, 2.45) is 0 Å². The van der Waals surface area contributed by atoms with Crippen molar-refractivity contribution in [3.05, 3.63) is 82.6 Å². The average molecular weight is 352 g/mol. The molecule has 0 aliphatic rings. The molecule has 2 aromatic carbocycles. The molecule has 3 aromatic rings. The largest absolute Gasteiger partial charge is 0.354 e. The fourth-order valence-corrected chi connectivity index (χ4v) is 2.62. The quantitative estimate of drug-likeness (QED) is 0.666. The molecule has 4 nitrogen and oxygen atoms in total. The zero-order valence-electron chi connectivity index (χ0n) is 14.0. The zero-order chi connectivity index (χ0) is 17.8. The Morgan fingerprint density at radius 2 is 1.72 bits per heavy atom. The summed E-state index contributed by atoms with van der Waals surface area (Å²) in [7, 11) is 0. The Morgan fingerprint density at radius 3 is 2.44 bits per heavy atom. The molecule has 1 amide bonds. The number of amides is 1. The fraction of sp³-hybridized carbons (Fsp3) is 0.100. The van der Waals surface area contributed by atoms with Gasteiger partial charge in [0, 0.05) is 22.6 Å². The average Bonchev–Trinajstić information content (AvgIpc) is 2.60. The van der Waals surface area contributed by atoms with Gasteiger partial charge in [-0.25, -0.2) is 0 Å². The lowest BCUT2D eigenvalue weighted by Crippen LogP contribution is -2.12. The lowest BCUT2D eigenvalue weighted by atomic mass is 10.2. The van der Waals surface area contributed by atoms with Crippen molar-refractivity contribution in [2.45, 2.75) is 13.8 Å². The van der Waals surface area contributed by atoms with E-state index in [-0.39, 0.29) is 5.91 Å².